The number of ether oxygens (including phenoxy) is 1. The Bertz CT molecular complexity index is 1300. The van der Waals surface area contributed by atoms with Crippen molar-refractivity contribution in [3.8, 4) is 11.5 Å². The molecule has 0 aliphatic rings. The summed E-state index contributed by atoms with van der Waals surface area (Å²) in [7, 11) is -4.12. The van der Waals surface area contributed by atoms with Gasteiger partial charge in [-0.2, -0.15) is 13.2 Å². The molecule has 0 radical (unpaired) electrons. The summed E-state index contributed by atoms with van der Waals surface area (Å²) in [6.07, 6.45) is -4.93. The van der Waals surface area contributed by atoms with Crippen LogP contribution in [0.2, 0.25) is 5.02 Å². The minimum Gasteiger partial charge on any atom is -0.455 e. The number of halogens is 5. The maximum Gasteiger partial charge on any atom is 0.417 e. The van der Waals surface area contributed by atoms with Crippen molar-refractivity contribution in [3.05, 3.63) is 82.6 Å². The standard InChI is InChI=1S/C20H13ClF4N2O4S/c21-15-9-11(22)7-8-16(15)31-17-6-2-5-14(20(23,24)25)18(17)19(28)27-12-3-1-4-13(10-12)32(26,29)30/h1-10H,(H,27,28)(H2,26,29,30). The Morgan fingerprint density at radius 1 is 1.00 bits per heavy atom. The van der Waals surface area contributed by atoms with Gasteiger partial charge in [0, 0.05) is 5.69 Å². The molecule has 0 aliphatic heterocycles. The highest BCUT2D eigenvalue weighted by Gasteiger charge is 2.37. The molecule has 6 nitrogen and oxygen atoms in total. The van der Waals surface area contributed by atoms with E-state index in [1.807, 2.05) is 0 Å². The summed E-state index contributed by atoms with van der Waals surface area (Å²) >= 11 is 5.87. The molecule has 0 spiro atoms. The number of benzene rings is 3. The molecule has 0 fully saturated rings. The smallest absolute Gasteiger partial charge is 0.417 e. The van der Waals surface area contributed by atoms with Gasteiger partial charge in [0.15, 0.2) is 0 Å². The third-order valence-corrected chi connectivity index (χ3v) is 5.30. The van der Waals surface area contributed by atoms with Crippen molar-refractivity contribution >= 4 is 33.2 Å². The number of alkyl halides is 3. The van der Waals surface area contributed by atoms with Crippen molar-refractivity contribution in [2.75, 3.05) is 5.32 Å². The quantitative estimate of drug-likeness (QED) is 0.483. The van der Waals surface area contributed by atoms with E-state index in [0.717, 1.165) is 42.5 Å². The largest absolute Gasteiger partial charge is 0.455 e. The van der Waals surface area contributed by atoms with Crippen LogP contribution in [-0.4, -0.2) is 14.3 Å². The molecule has 168 valence electrons. The van der Waals surface area contributed by atoms with Crippen LogP contribution in [0.5, 0.6) is 11.5 Å². The van der Waals surface area contributed by atoms with Crippen LogP contribution in [0, 0.1) is 5.82 Å². The van der Waals surface area contributed by atoms with E-state index in [1.54, 1.807) is 0 Å². The van der Waals surface area contributed by atoms with E-state index in [1.165, 1.54) is 12.1 Å². The van der Waals surface area contributed by atoms with Gasteiger partial charge in [-0.1, -0.05) is 23.7 Å². The summed E-state index contributed by atoms with van der Waals surface area (Å²) in [6.45, 7) is 0. The summed E-state index contributed by atoms with van der Waals surface area (Å²) in [5.41, 5.74) is -2.32. The first kappa shape index (κ1) is 23.5. The van der Waals surface area contributed by atoms with E-state index in [0.29, 0.717) is 6.07 Å². The van der Waals surface area contributed by atoms with Gasteiger partial charge in [-0.15, -0.1) is 0 Å². The normalized spacial score (nSPS) is 11.8. The third-order valence-electron chi connectivity index (χ3n) is 4.09. The second kappa shape index (κ2) is 8.77. The number of primary sulfonamides is 1. The number of nitrogens with one attached hydrogen (secondary N) is 1. The van der Waals surface area contributed by atoms with Gasteiger partial charge >= 0.3 is 6.18 Å². The van der Waals surface area contributed by atoms with Crippen LogP contribution in [0.25, 0.3) is 0 Å². The Balaban J connectivity index is 2.06. The number of rotatable bonds is 5. The van der Waals surface area contributed by atoms with Crippen LogP contribution in [-0.2, 0) is 16.2 Å². The molecule has 3 N–H and O–H groups in total. The highest BCUT2D eigenvalue weighted by atomic mass is 35.5. The lowest BCUT2D eigenvalue weighted by Gasteiger charge is -2.17. The van der Waals surface area contributed by atoms with Crippen LogP contribution in [0.3, 0.4) is 0 Å². The van der Waals surface area contributed by atoms with Crippen LogP contribution in [0.1, 0.15) is 15.9 Å². The summed E-state index contributed by atoms with van der Waals surface area (Å²) in [5, 5.41) is 7.01. The molecule has 0 unspecified atom stereocenters. The summed E-state index contributed by atoms with van der Waals surface area (Å²) in [5.74, 6) is -2.62. The summed E-state index contributed by atoms with van der Waals surface area (Å²) in [4.78, 5) is 12.5. The Kier molecular flexibility index (Phi) is 6.44. The number of carbonyl (C=O) groups excluding carboxylic acids is 1. The fourth-order valence-corrected chi connectivity index (χ4v) is 3.47. The predicted octanol–water partition coefficient (Wildman–Crippen LogP) is 5.19. The van der Waals surface area contributed by atoms with Gasteiger partial charge in [-0.25, -0.2) is 17.9 Å². The number of nitrogens with two attached hydrogens (primary N) is 1. The molecule has 0 saturated carbocycles. The van der Waals surface area contributed by atoms with E-state index >= 15 is 0 Å². The molecule has 0 bridgehead atoms. The van der Waals surface area contributed by atoms with Crippen molar-refractivity contribution in [2.24, 2.45) is 5.14 Å². The molecule has 0 heterocycles. The minimum atomic E-state index is -4.93. The fraction of sp³-hybridized carbons (Fsp3) is 0.0500. The molecular formula is C20H13ClF4N2O4S. The van der Waals surface area contributed by atoms with Gasteiger partial charge in [0.05, 0.1) is 21.0 Å². The van der Waals surface area contributed by atoms with E-state index in [2.05, 4.69) is 5.32 Å². The van der Waals surface area contributed by atoms with Gasteiger partial charge in [-0.05, 0) is 48.5 Å². The van der Waals surface area contributed by atoms with Gasteiger partial charge < -0.3 is 10.1 Å². The topological polar surface area (TPSA) is 98.5 Å². The van der Waals surface area contributed by atoms with Gasteiger partial charge in [0.1, 0.15) is 17.3 Å². The molecule has 0 atom stereocenters. The molecule has 0 aliphatic carbocycles. The van der Waals surface area contributed by atoms with Crippen LogP contribution >= 0.6 is 11.6 Å². The zero-order valence-electron chi connectivity index (χ0n) is 15.8. The lowest BCUT2D eigenvalue weighted by molar-refractivity contribution is -0.138. The monoisotopic (exact) mass is 488 g/mol. The second-order valence-corrected chi connectivity index (χ2v) is 8.35. The highest BCUT2D eigenvalue weighted by Crippen LogP contribution is 2.39. The Morgan fingerprint density at radius 3 is 2.31 bits per heavy atom. The summed E-state index contributed by atoms with van der Waals surface area (Å²) in [6, 6.07) is 10.4. The van der Waals surface area contributed by atoms with Gasteiger partial charge in [-0.3, -0.25) is 4.79 Å². The average Bonchev–Trinajstić information content (AvgIpc) is 2.69. The lowest BCUT2D eigenvalue weighted by atomic mass is 10.0. The molecule has 3 aromatic carbocycles. The van der Waals surface area contributed by atoms with Gasteiger partial charge in [0.2, 0.25) is 10.0 Å². The highest BCUT2D eigenvalue weighted by molar-refractivity contribution is 7.89. The van der Waals surface area contributed by atoms with E-state index in [9.17, 15) is 30.8 Å². The van der Waals surface area contributed by atoms with Crippen molar-refractivity contribution in [3.63, 3.8) is 0 Å². The van der Waals surface area contributed by atoms with Crippen molar-refractivity contribution in [2.45, 2.75) is 11.1 Å². The van der Waals surface area contributed by atoms with E-state index < -0.39 is 44.8 Å². The van der Waals surface area contributed by atoms with Crippen molar-refractivity contribution in [1.82, 2.24) is 0 Å². The zero-order chi connectivity index (χ0) is 23.7. The van der Waals surface area contributed by atoms with Crippen LogP contribution in [0.4, 0.5) is 23.2 Å². The fourth-order valence-electron chi connectivity index (χ4n) is 2.71. The number of hydrogen-bond acceptors (Lipinski definition) is 4. The first-order valence-electron chi connectivity index (χ1n) is 8.63. The van der Waals surface area contributed by atoms with E-state index in [4.69, 9.17) is 21.5 Å². The third kappa shape index (κ3) is 5.36. The molecule has 3 aromatic rings. The second-order valence-electron chi connectivity index (χ2n) is 6.38. The van der Waals surface area contributed by atoms with Crippen LogP contribution < -0.4 is 15.2 Å². The Hall–Kier alpha value is -3.15. The lowest BCUT2D eigenvalue weighted by Crippen LogP contribution is -2.20. The summed E-state index contributed by atoms with van der Waals surface area (Å²) < 4.78 is 82.5. The molecule has 12 heteroatoms. The molecule has 1 amide bonds. The Morgan fingerprint density at radius 2 is 1.69 bits per heavy atom. The molecule has 32 heavy (non-hydrogen) atoms. The maximum atomic E-state index is 13.6. The van der Waals surface area contributed by atoms with E-state index in [-0.39, 0.29) is 21.4 Å². The molecule has 0 saturated heterocycles. The number of amides is 1. The number of carbonyl (C=O) groups is 1. The number of anilines is 1. The molecular weight excluding hydrogens is 476 g/mol. The minimum absolute atomic E-state index is 0.121. The number of sulfonamides is 1. The van der Waals surface area contributed by atoms with Crippen molar-refractivity contribution < 1.29 is 35.5 Å². The Labute approximate surface area is 184 Å². The molecule has 0 aromatic heterocycles. The first-order chi connectivity index (χ1) is 14.9. The maximum absolute atomic E-state index is 13.6. The van der Waals surface area contributed by atoms with Crippen LogP contribution in [0.15, 0.2) is 65.6 Å². The number of hydrogen-bond donors (Lipinski definition) is 2. The average molecular weight is 489 g/mol. The zero-order valence-corrected chi connectivity index (χ0v) is 17.4. The van der Waals surface area contributed by atoms with Crippen molar-refractivity contribution in [1.29, 1.82) is 0 Å². The SMILES string of the molecule is NS(=O)(=O)c1cccc(NC(=O)c2c(Oc3ccc(F)cc3Cl)cccc2C(F)(F)F)c1. The first-order valence-corrected chi connectivity index (χ1v) is 10.6. The van der Waals surface area contributed by atoms with Gasteiger partial charge in [0.25, 0.3) is 5.91 Å². The predicted molar refractivity (Wildman–Crippen MR) is 109 cm³/mol. The molecule has 3 rings (SSSR count).